The Labute approximate surface area is 137 Å². The first-order valence-electron chi connectivity index (χ1n) is 7.77. The van der Waals surface area contributed by atoms with Gasteiger partial charge in [0.15, 0.2) is 11.5 Å². The van der Waals surface area contributed by atoms with Crippen LogP contribution in [0.15, 0.2) is 18.2 Å². The normalized spacial score (nSPS) is 19.8. The molecule has 1 aromatic rings. The van der Waals surface area contributed by atoms with Gasteiger partial charge in [0.2, 0.25) is 12.7 Å². The predicted octanol–water partition coefficient (Wildman–Crippen LogP) is 3.05. The average molecular weight is 345 g/mol. The van der Waals surface area contributed by atoms with Gasteiger partial charge in [-0.15, -0.1) is 0 Å². The number of halogens is 3. The lowest BCUT2D eigenvalue weighted by Crippen LogP contribution is -2.31. The third-order valence-electron chi connectivity index (χ3n) is 4.08. The molecular formula is C16H18F3NO4. The van der Waals surface area contributed by atoms with E-state index < -0.39 is 12.8 Å². The number of ether oxygens (including phenoxy) is 3. The minimum atomic E-state index is -4.37. The number of benzene rings is 1. The number of nitrogens with zero attached hydrogens (tertiary/aromatic N) is 1. The molecule has 24 heavy (non-hydrogen) atoms. The Morgan fingerprint density at radius 2 is 2.08 bits per heavy atom. The molecule has 1 amide bonds. The number of hydrogen-bond acceptors (Lipinski definition) is 4. The molecule has 1 aromatic carbocycles. The second kappa shape index (κ2) is 6.88. The zero-order chi connectivity index (χ0) is 17.2. The van der Waals surface area contributed by atoms with Gasteiger partial charge in [0.05, 0.1) is 19.1 Å². The third-order valence-corrected chi connectivity index (χ3v) is 4.08. The number of carbonyl (C=O) groups excluding carboxylic acids is 1. The largest absolute Gasteiger partial charge is 0.454 e. The minimum absolute atomic E-state index is 0.0584. The van der Waals surface area contributed by atoms with Crippen LogP contribution in [0.1, 0.15) is 30.9 Å². The van der Waals surface area contributed by atoms with E-state index in [0.717, 1.165) is 18.4 Å². The van der Waals surface area contributed by atoms with Crippen molar-refractivity contribution in [3.05, 3.63) is 23.8 Å². The zero-order valence-corrected chi connectivity index (χ0v) is 13.0. The van der Waals surface area contributed by atoms with Crippen molar-refractivity contribution in [1.29, 1.82) is 0 Å². The summed E-state index contributed by atoms with van der Waals surface area (Å²) in [7, 11) is 0. The van der Waals surface area contributed by atoms with Crippen molar-refractivity contribution in [2.45, 2.75) is 31.5 Å². The van der Waals surface area contributed by atoms with Crippen LogP contribution in [0.25, 0.3) is 0 Å². The van der Waals surface area contributed by atoms with Crippen molar-refractivity contribution in [3.63, 3.8) is 0 Å². The van der Waals surface area contributed by atoms with Gasteiger partial charge >= 0.3 is 6.18 Å². The van der Waals surface area contributed by atoms with Gasteiger partial charge < -0.3 is 19.1 Å². The standard InChI is InChI=1S/C16H18F3NO4/c17-16(18,19)9-22-7-5-15(21)20-6-1-2-12(20)11-3-4-13-14(8-11)24-10-23-13/h3-4,8,12H,1-2,5-7,9-10H2/t12-/m1/s1. The summed E-state index contributed by atoms with van der Waals surface area (Å²) < 4.78 is 51.2. The molecule has 1 saturated heterocycles. The Hall–Kier alpha value is -1.96. The third kappa shape index (κ3) is 3.92. The van der Waals surface area contributed by atoms with Crippen LogP contribution in [0.4, 0.5) is 13.2 Å². The molecule has 2 heterocycles. The van der Waals surface area contributed by atoms with E-state index in [1.165, 1.54) is 0 Å². The molecule has 0 N–H and O–H groups in total. The van der Waals surface area contributed by atoms with Crippen LogP contribution in [0.3, 0.4) is 0 Å². The topological polar surface area (TPSA) is 48.0 Å². The van der Waals surface area contributed by atoms with Crippen molar-refractivity contribution in [2.24, 2.45) is 0 Å². The predicted molar refractivity (Wildman–Crippen MR) is 77.7 cm³/mol. The van der Waals surface area contributed by atoms with Crippen LogP contribution in [0.5, 0.6) is 11.5 Å². The highest BCUT2D eigenvalue weighted by Crippen LogP contribution is 2.39. The molecule has 0 radical (unpaired) electrons. The van der Waals surface area contributed by atoms with E-state index in [2.05, 4.69) is 4.74 Å². The molecule has 0 spiro atoms. The molecule has 0 saturated carbocycles. The molecule has 0 aliphatic carbocycles. The van der Waals surface area contributed by atoms with E-state index in [4.69, 9.17) is 9.47 Å². The number of amides is 1. The first-order chi connectivity index (χ1) is 11.4. The number of fused-ring (bicyclic) bond motifs is 1. The lowest BCUT2D eigenvalue weighted by molar-refractivity contribution is -0.175. The van der Waals surface area contributed by atoms with Crippen molar-refractivity contribution >= 4 is 5.91 Å². The fourth-order valence-corrected chi connectivity index (χ4v) is 3.02. The van der Waals surface area contributed by atoms with Crippen LogP contribution in [-0.2, 0) is 9.53 Å². The minimum Gasteiger partial charge on any atom is -0.454 e. The van der Waals surface area contributed by atoms with Gasteiger partial charge in [-0.1, -0.05) is 6.07 Å². The lowest BCUT2D eigenvalue weighted by atomic mass is 10.0. The van der Waals surface area contributed by atoms with Crippen LogP contribution in [0.2, 0.25) is 0 Å². The quantitative estimate of drug-likeness (QED) is 0.770. The number of hydrogen-bond donors (Lipinski definition) is 0. The molecule has 0 bridgehead atoms. The molecule has 5 nitrogen and oxygen atoms in total. The maximum absolute atomic E-state index is 12.3. The monoisotopic (exact) mass is 345 g/mol. The Kier molecular flexibility index (Phi) is 4.84. The van der Waals surface area contributed by atoms with Crippen LogP contribution in [-0.4, -0.2) is 43.5 Å². The molecule has 1 atom stereocenters. The first-order valence-corrected chi connectivity index (χ1v) is 7.77. The van der Waals surface area contributed by atoms with E-state index in [1.807, 2.05) is 18.2 Å². The fourth-order valence-electron chi connectivity index (χ4n) is 3.02. The van der Waals surface area contributed by atoms with Gasteiger partial charge in [0.25, 0.3) is 0 Å². The van der Waals surface area contributed by atoms with Gasteiger partial charge in [0, 0.05) is 6.54 Å². The maximum atomic E-state index is 12.3. The highest BCUT2D eigenvalue weighted by Gasteiger charge is 2.31. The number of carbonyl (C=O) groups is 1. The highest BCUT2D eigenvalue weighted by molar-refractivity contribution is 5.77. The lowest BCUT2D eigenvalue weighted by Gasteiger charge is -2.25. The molecular weight excluding hydrogens is 327 g/mol. The van der Waals surface area contributed by atoms with Gasteiger partial charge in [-0.2, -0.15) is 13.2 Å². The Balaban J connectivity index is 1.58. The van der Waals surface area contributed by atoms with Crippen molar-refractivity contribution in [2.75, 3.05) is 26.6 Å². The van der Waals surface area contributed by atoms with Gasteiger partial charge in [-0.25, -0.2) is 0 Å². The molecule has 2 aliphatic heterocycles. The highest BCUT2D eigenvalue weighted by atomic mass is 19.4. The fraction of sp³-hybridized carbons (Fsp3) is 0.562. The summed E-state index contributed by atoms with van der Waals surface area (Å²) in [4.78, 5) is 14.0. The number of rotatable bonds is 5. The van der Waals surface area contributed by atoms with Crippen LogP contribution in [0, 0.1) is 0 Å². The van der Waals surface area contributed by atoms with E-state index in [-0.39, 0.29) is 31.8 Å². The van der Waals surface area contributed by atoms with E-state index >= 15 is 0 Å². The molecule has 0 aromatic heterocycles. The molecule has 0 unspecified atom stereocenters. The van der Waals surface area contributed by atoms with Crippen LogP contribution >= 0.6 is 0 Å². The Bertz CT molecular complexity index is 605. The summed E-state index contributed by atoms with van der Waals surface area (Å²) in [6.45, 7) is -0.783. The van der Waals surface area contributed by atoms with Gasteiger partial charge in [0.1, 0.15) is 6.61 Å². The Morgan fingerprint density at radius 1 is 1.29 bits per heavy atom. The maximum Gasteiger partial charge on any atom is 0.411 e. The van der Waals surface area contributed by atoms with Crippen molar-refractivity contribution < 1.29 is 32.2 Å². The summed E-state index contributed by atoms with van der Waals surface area (Å²) in [6.07, 6.45) is -2.76. The van der Waals surface area contributed by atoms with E-state index in [0.29, 0.717) is 18.0 Å². The van der Waals surface area contributed by atoms with Gasteiger partial charge in [-0.05, 0) is 30.5 Å². The Morgan fingerprint density at radius 3 is 2.88 bits per heavy atom. The molecule has 2 aliphatic rings. The summed E-state index contributed by atoms with van der Waals surface area (Å²) in [5.41, 5.74) is 0.946. The first kappa shape index (κ1) is 16.9. The summed E-state index contributed by atoms with van der Waals surface area (Å²) in [5.74, 6) is 1.13. The summed E-state index contributed by atoms with van der Waals surface area (Å²) in [6, 6.07) is 5.47. The molecule has 132 valence electrons. The van der Waals surface area contributed by atoms with Crippen LogP contribution < -0.4 is 9.47 Å². The van der Waals surface area contributed by atoms with Crippen molar-refractivity contribution in [1.82, 2.24) is 4.90 Å². The van der Waals surface area contributed by atoms with Gasteiger partial charge in [-0.3, -0.25) is 4.79 Å². The summed E-state index contributed by atoms with van der Waals surface area (Å²) >= 11 is 0. The molecule has 1 fully saturated rings. The second-order valence-corrected chi connectivity index (χ2v) is 5.78. The second-order valence-electron chi connectivity index (χ2n) is 5.78. The molecule has 3 rings (SSSR count). The van der Waals surface area contributed by atoms with E-state index in [9.17, 15) is 18.0 Å². The SMILES string of the molecule is O=C(CCOCC(F)(F)F)N1CCC[C@@H]1c1ccc2c(c1)OCO2. The molecule has 8 heteroatoms. The summed E-state index contributed by atoms with van der Waals surface area (Å²) in [5, 5.41) is 0. The number of likely N-dealkylation sites (tertiary alicyclic amines) is 1. The average Bonchev–Trinajstić information content (AvgIpc) is 3.18. The number of alkyl halides is 3. The van der Waals surface area contributed by atoms with Crippen molar-refractivity contribution in [3.8, 4) is 11.5 Å². The zero-order valence-electron chi connectivity index (χ0n) is 13.0. The smallest absolute Gasteiger partial charge is 0.411 e. The van der Waals surface area contributed by atoms with E-state index in [1.54, 1.807) is 4.90 Å².